The standard InChI is InChI=1S/C19H22N6O2/c1-12(26)21-17-10-20-24-19(17)13-5-4-8-25(11-13)18(27)9-16-14-6-2-3-7-15(14)22-23-16/h2-3,6-7,10,13H,4-5,8-9,11H2,1H3,(H,20,24)(H,21,26)(H,22,23). The van der Waals surface area contributed by atoms with E-state index in [0.29, 0.717) is 18.7 Å². The Balaban J connectivity index is 1.47. The first-order valence-electron chi connectivity index (χ1n) is 9.12. The highest BCUT2D eigenvalue weighted by Gasteiger charge is 2.28. The van der Waals surface area contributed by atoms with Crippen LogP contribution in [0.1, 0.15) is 37.1 Å². The smallest absolute Gasteiger partial charge is 0.228 e. The highest BCUT2D eigenvalue weighted by atomic mass is 16.2. The van der Waals surface area contributed by atoms with E-state index in [1.807, 2.05) is 29.2 Å². The lowest BCUT2D eigenvalue weighted by Crippen LogP contribution is -2.40. The van der Waals surface area contributed by atoms with E-state index in [4.69, 9.17) is 0 Å². The second-order valence-corrected chi connectivity index (χ2v) is 6.95. The molecule has 8 heteroatoms. The van der Waals surface area contributed by atoms with Crippen molar-refractivity contribution in [2.24, 2.45) is 0 Å². The Hall–Kier alpha value is -3.16. The van der Waals surface area contributed by atoms with Gasteiger partial charge in [-0.3, -0.25) is 19.8 Å². The Kier molecular flexibility index (Phi) is 4.62. The molecule has 1 aromatic carbocycles. The first kappa shape index (κ1) is 17.3. The van der Waals surface area contributed by atoms with Crippen LogP contribution in [0.15, 0.2) is 30.5 Å². The fourth-order valence-electron chi connectivity index (χ4n) is 3.75. The first-order valence-corrected chi connectivity index (χ1v) is 9.12. The third kappa shape index (κ3) is 3.55. The highest BCUT2D eigenvalue weighted by Crippen LogP contribution is 2.30. The van der Waals surface area contributed by atoms with Crippen molar-refractivity contribution in [1.29, 1.82) is 0 Å². The lowest BCUT2D eigenvalue weighted by Gasteiger charge is -2.32. The number of carbonyl (C=O) groups is 2. The van der Waals surface area contributed by atoms with Crippen molar-refractivity contribution in [3.63, 3.8) is 0 Å². The molecule has 140 valence electrons. The molecule has 1 aliphatic rings. The van der Waals surface area contributed by atoms with Gasteiger partial charge in [0, 0.05) is 31.3 Å². The van der Waals surface area contributed by atoms with Crippen LogP contribution in [0.5, 0.6) is 0 Å². The number of aromatic amines is 2. The van der Waals surface area contributed by atoms with Crippen molar-refractivity contribution in [1.82, 2.24) is 25.3 Å². The number of carbonyl (C=O) groups excluding carboxylic acids is 2. The van der Waals surface area contributed by atoms with Crippen LogP contribution < -0.4 is 5.32 Å². The number of likely N-dealkylation sites (tertiary alicyclic amines) is 1. The van der Waals surface area contributed by atoms with E-state index in [0.717, 1.165) is 41.7 Å². The van der Waals surface area contributed by atoms with Crippen LogP contribution in [0.4, 0.5) is 5.69 Å². The van der Waals surface area contributed by atoms with Gasteiger partial charge in [-0.2, -0.15) is 10.2 Å². The number of hydrogen-bond donors (Lipinski definition) is 3. The molecule has 0 aliphatic carbocycles. The Labute approximate surface area is 156 Å². The van der Waals surface area contributed by atoms with Crippen LogP contribution in [0, 0.1) is 0 Å². The Morgan fingerprint density at radius 3 is 3.00 bits per heavy atom. The van der Waals surface area contributed by atoms with E-state index in [9.17, 15) is 9.59 Å². The molecule has 3 N–H and O–H groups in total. The molecule has 0 spiro atoms. The molecular weight excluding hydrogens is 344 g/mol. The highest BCUT2D eigenvalue weighted by molar-refractivity contribution is 5.89. The van der Waals surface area contributed by atoms with Crippen LogP contribution in [-0.2, 0) is 16.0 Å². The number of fused-ring (bicyclic) bond motifs is 1. The largest absolute Gasteiger partial charge is 0.342 e. The monoisotopic (exact) mass is 366 g/mol. The SMILES string of the molecule is CC(=O)Nc1cn[nH]c1C1CCCN(C(=O)Cc2[nH]nc3ccccc23)C1. The number of anilines is 1. The number of hydrogen-bond acceptors (Lipinski definition) is 4. The minimum absolute atomic E-state index is 0.0784. The van der Waals surface area contributed by atoms with Crippen LogP contribution >= 0.6 is 0 Å². The summed E-state index contributed by atoms with van der Waals surface area (Å²) < 4.78 is 0. The zero-order chi connectivity index (χ0) is 18.8. The average molecular weight is 366 g/mol. The molecule has 1 atom stereocenters. The van der Waals surface area contributed by atoms with Crippen LogP contribution in [0.25, 0.3) is 10.9 Å². The summed E-state index contributed by atoms with van der Waals surface area (Å²) in [6.45, 7) is 2.83. The molecule has 3 heterocycles. The number of aromatic nitrogens is 4. The molecule has 1 fully saturated rings. The Morgan fingerprint density at radius 2 is 2.15 bits per heavy atom. The van der Waals surface area contributed by atoms with Gasteiger partial charge in [0.2, 0.25) is 11.8 Å². The van der Waals surface area contributed by atoms with Gasteiger partial charge in [0.1, 0.15) is 0 Å². The third-order valence-corrected chi connectivity index (χ3v) is 5.03. The number of nitrogens with one attached hydrogen (secondary N) is 3. The molecule has 2 aromatic heterocycles. The maximum atomic E-state index is 12.9. The van der Waals surface area contributed by atoms with Gasteiger partial charge in [-0.1, -0.05) is 18.2 Å². The molecule has 2 amide bonds. The lowest BCUT2D eigenvalue weighted by atomic mass is 9.93. The van der Waals surface area contributed by atoms with Crippen molar-refractivity contribution in [2.75, 3.05) is 18.4 Å². The van der Waals surface area contributed by atoms with Crippen molar-refractivity contribution in [2.45, 2.75) is 32.1 Å². The van der Waals surface area contributed by atoms with E-state index in [1.54, 1.807) is 6.20 Å². The van der Waals surface area contributed by atoms with Crippen LogP contribution in [-0.4, -0.2) is 50.2 Å². The van der Waals surface area contributed by atoms with E-state index in [2.05, 4.69) is 25.7 Å². The van der Waals surface area contributed by atoms with Gasteiger partial charge in [-0.15, -0.1) is 0 Å². The zero-order valence-corrected chi connectivity index (χ0v) is 15.2. The van der Waals surface area contributed by atoms with Gasteiger partial charge in [0.05, 0.1) is 35.2 Å². The fourth-order valence-corrected chi connectivity index (χ4v) is 3.75. The van der Waals surface area contributed by atoms with Gasteiger partial charge in [0.15, 0.2) is 0 Å². The summed E-state index contributed by atoms with van der Waals surface area (Å²) in [5, 5.41) is 18.1. The topological polar surface area (TPSA) is 107 Å². The molecular formula is C19H22N6O2. The van der Waals surface area contributed by atoms with Crippen molar-refractivity contribution >= 4 is 28.4 Å². The summed E-state index contributed by atoms with van der Waals surface area (Å²) in [6.07, 6.45) is 3.78. The molecule has 4 rings (SSSR count). The minimum atomic E-state index is -0.132. The number of para-hydroxylation sites is 1. The molecule has 8 nitrogen and oxygen atoms in total. The Morgan fingerprint density at radius 1 is 1.30 bits per heavy atom. The number of amides is 2. The maximum Gasteiger partial charge on any atom is 0.228 e. The number of piperidine rings is 1. The number of H-pyrrole nitrogens is 2. The maximum absolute atomic E-state index is 12.9. The third-order valence-electron chi connectivity index (χ3n) is 5.03. The average Bonchev–Trinajstić information content (AvgIpc) is 3.29. The second kappa shape index (κ2) is 7.22. The van der Waals surface area contributed by atoms with E-state index in [1.165, 1.54) is 6.92 Å². The van der Waals surface area contributed by atoms with Crippen LogP contribution in [0.2, 0.25) is 0 Å². The van der Waals surface area contributed by atoms with Gasteiger partial charge in [-0.25, -0.2) is 0 Å². The van der Waals surface area contributed by atoms with Crippen molar-refractivity contribution in [3.8, 4) is 0 Å². The molecule has 3 aromatic rings. The summed E-state index contributed by atoms with van der Waals surface area (Å²) in [7, 11) is 0. The molecule has 1 unspecified atom stereocenters. The first-order chi connectivity index (χ1) is 13.1. The summed E-state index contributed by atoms with van der Waals surface area (Å²) in [5.41, 5.74) is 3.29. The van der Waals surface area contributed by atoms with E-state index in [-0.39, 0.29) is 17.7 Å². The number of benzene rings is 1. The van der Waals surface area contributed by atoms with Crippen molar-refractivity contribution < 1.29 is 9.59 Å². The summed E-state index contributed by atoms with van der Waals surface area (Å²) in [4.78, 5) is 26.1. The molecule has 1 saturated heterocycles. The quantitative estimate of drug-likeness (QED) is 0.658. The predicted octanol–water partition coefficient (Wildman–Crippen LogP) is 2.19. The van der Waals surface area contributed by atoms with Gasteiger partial charge < -0.3 is 10.2 Å². The normalized spacial score (nSPS) is 17.2. The Bertz CT molecular complexity index is 975. The van der Waals surface area contributed by atoms with E-state index >= 15 is 0 Å². The summed E-state index contributed by atoms with van der Waals surface area (Å²) >= 11 is 0. The van der Waals surface area contributed by atoms with Gasteiger partial charge in [0.25, 0.3) is 0 Å². The van der Waals surface area contributed by atoms with E-state index < -0.39 is 0 Å². The van der Waals surface area contributed by atoms with Crippen LogP contribution in [0.3, 0.4) is 0 Å². The summed E-state index contributed by atoms with van der Waals surface area (Å²) in [6, 6.07) is 7.79. The number of nitrogens with zero attached hydrogens (tertiary/aromatic N) is 3. The molecule has 0 bridgehead atoms. The molecule has 0 saturated carbocycles. The lowest BCUT2D eigenvalue weighted by molar-refractivity contribution is -0.131. The molecule has 0 radical (unpaired) electrons. The zero-order valence-electron chi connectivity index (χ0n) is 15.2. The second-order valence-electron chi connectivity index (χ2n) is 6.95. The van der Waals surface area contributed by atoms with Crippen molar-refractivity contribution in [3.05, 3.63) is 41.9 Å². The molecule has 1 aliphatic heterocycles. The van der Waals surface area contributed by atoms with Gasteiger partial charge in [-0.05, 0) is 18.9 Å². The predicted molar refractivity (Wildman–Crippen MR) is 101 cm³/mol. The molecule has 27 heavy (non-hydrogen) atoms. The van der Waals surface area contributed by atoms with Gasteiger partial charge >= 0.3 is 0 Å². The fraction of sp³-hybridized carbons (Fsp3) is 0.368. The summed E-state index contributed by atoms with van der Waals surface area (Å²) in [5.74, 6) is 0.0766. The minimum Gasteiger partial charge on any atom is -0.342 e. The number of rotatable bonds is 4.